The first-order valence-corrected chi connectivity index (χ1v) is 7.37. The normalized spacial score (nSPS) is 27.9. The molecule has 22 heavy (non-hydrogen) atoms. The van der Waals surface area contributed by atoms with Crippen LogP contribution in [0.1, 0.15) is 33.1 Å². The maximum atomic E-state index is 11.7. The van der Waals surface area contributed by atoms with Crippen LogP contribution in [0.15, 0.2) is 24.3 Å². The molecular formula is C16H24O6. The maximum Gasteiger partial charge on any atom is 0.330 e. The monoisotopic (exact) mass is 312 g/mol. The molecule has 1 heterocycles. The molecule has 0 unspecified atom stereocenters. The first-order chi connectivity index (χ1) is 10.5. The van der Waals surface area contributed by atoms with Crippen LogP contribution in [0.2, 0.25) is 0 Å². The summed E-state index contributed by atoms with van der Waals surface area (Å²) < 4.78 is 20.8. The van der Waals surface area contributed by atoms with Crippen molar-refractivity contribution in [2.75, 3.05) is 13.9 Å². The van der Waals surface area contributed by atoms with Gasteiger partial charge >= 0.3 is 11.9 Å². The number of carbonyl (C=O) groups excluding carboxylic acids is 2. The molecule has 1 rings (SSSR count). The molecule has 0 saturated carbocycles. The Hall–Kier alpha value is -1.66. The number of methoxy groups -OCH3 is 1. The van der Waals surface area contributed by atoms with Gasteiger partial charge in [-0.05, 0) is 32.8 Å². The molecule has 0 fully saturated rings. The van der Waals surface area contributed by atoms with Crippen molar-refractivity contribution in [1.29, 1.82) is 0 Å². The van der Waals surface area contributed by atoms with Crippen molar-refractivity contribution in [2.24, 2.45) is 0 Å². The van der Waals surface area contributed by atoms with E-state index >= 15 is 0 Å². The number of ether oxygens (including phenoxy) is 4. The van der Waals surface area contributed by atoms with Crippen molar-refractivity contribution in [2.45, 2.75) is 51.4 Å². The SMILES string of the molecule is COCO[C@H]1C=CC(=O)O[C@H](C)CC=CC(=O)O[C@H](C)CC1. The molecule has 3 atom stereocenters. The quantitative estimate of drug-likeness (QED) is 0.587. The minimum atomic E-state index is -0.431. The third-order valence-electron chi connectivity index (χ3n) is 3.06. The number of esters is 2. The highest BCUT2D eigenvalue weighted by Gasteiger charge is 2.14. The van der Waals surface area contributed by atoms with Gasteiger partial charge in [0.1, 0.15) is 12.9 Å². The molecule has 1 aliphatic rings. The molecule has 0 saturated heterocycles. The Bertz CT molecular complexity index is 415. The molecule has 0 amide bonds. The number of hydrogen-bond acceptors (Lipinski definition) is 6. The van der Waals surface area contributed by atoms with Gasteiger partial charge in [0, 0.05) is 25.7 Å². The van der Waals surface area contributed by atoms with Crippen LogP contribution in [0, 0.1) is 0 Å². The molecular weight excluding hydrogens is 288 g/mol. The van der Waals surface area contributed by atoms with E-state index < -0.39 is 11.9 Å². The fraction of sp³-hybridized carbons (Fsp3) is 0.625. The van der Waals surface area contributed by atoms with E-state index in [1.165, 1.54) is 19.3 Å². The smallest absolute Gasteiger partial charge is 0.330 e. The lowest BCUT2D eigenvalue weighted by Crippen LogP contribution is -2.19. The van der Waals surface area contributed by atoms with Crippen LogP contribution in [-0.2, 0) is 28.5 Å². The standard InChI is InChI=1S/C16H24O6/c1-12-5-4-6-15(17)22-13(2)7-8-14(20-11-19-3)9-10-16(18)21-12/h4,6,9-10,12-14H,5,7-8,11H2,1-3H3/t12-,13-,14-/m1/s1. The van der Waals surface area contributed by atoms with Gasteiger partial charge in [-0.1, -0.05) is 6.08 Å². The average Bonchev–Trinajstić information content (AvgIpc) is 2.45. The highest BCUT2D eigenvalue weighted by molar-refractivity contribution is 5.82. The second-order valence-electron chi connectivity index (χ2n) is 5.18. The first-order valence-electron chi connectivity index (χ1n) is 7.37. The molecule has 6 nitrogen and oxygen atoms in total. The van der Waals surface area contributed by atoms with Crippen molar-refractivity contribution in [3.05, 3.63) is 24.3 Å². The molecule has 0 aromatic rings. The van der Waals surface area contributed by atoms with Gasteiger partial charge in [0.2, 0.25) is 0 Å². The van der Waals surface area contributed by atoms with Crippen LogP contribution in [0.3, 0.4) is 0 Å². The predicted octanol–water partition coefficient (Wildman–Crippen LogP) is 2.14. The van der Waals surface area contributed by atoms with Gasteiger partial charge < -0.3 is 18.9 Å². The number of rotatable bonds is 3. The zero-order valence-corrected chi connectivity index (χ0v) is 13.3. The van der Waals surface area contributed by atoms with Crippen molar-refractivity contribution in [3.63, 3.8) is 0 Å². The molecule has 0 radical (unpaired) electrons. The van der Waals surface area contributed by atoms with Crippen LogP contribution >= 0.6 is 0 Å². The highest BCUT2D eigenvalue weighted by Crippen LogP contribution is 2.11. The minimum Gasteiger partial charge on any atom is -0.460 e. The van der Waals surface area contributed by atoms with Crippen molar-refractivity contribution in [1.82, 2.24) is 0 Å². The van der Waals surface area contributed by atoms with E-state index in [0.29, 0.717) is 19.3 Å². The van der Waals surface area contributed by atoms with E-state index in [1.54, 1.807) is 19.1 Å². The Kier molecular flexibility index (Phi) is 8.47. The van der Waals surface area contributed by atoms with Crippen LogP contribution in [-0.4, -0.2) is 44.2 Å². The topological polar surface area (TPSA) is 71.1 Å². The Morgan fingerprint density at radius 1 is 1.09 bits per heavy atom. The number of hydrogen-bond donors (Lipinski definition) is 0. The van der Waals surface area contributed by atoms with Crippen LogP contribution in [0.25, 0.3) is 0 Å². The summed E-state index contributed by atoms with van der Waals surface area (Å²) in [6, 6.07) is 0. The minimum absolute atomic E-state index is 0.122. The number of carbonyl (C=O) groups is 2. The van der Waals surface area contributed by atoms with Gasteiger partial charge in [-0.2, -0.15) is 0 Å². The summed E-state index contributed by atoms with van der Waals surface area (Å²) in [5, 5.41) is 0. The Balaban J connectivity index is 2.74. The van der Waals surface area contributed by atoms with Gasteiger partial charge in [-0.25, -0.2) is 9.59 Å². The second-order valence-corrected chi connectivity index (χ2v) is 5.18. The fourth-order valence-electron chi connectivity index (χ4n) is 1.91. The average molecular weight is 312 g/mol. The van der Waals surface area contributed by atoms with Crippen LogP contribution in [0.4, 0.5) is 0 Å². The summed E-state index contributed by atoms with van der Waals surface area (Å²) in [6.45, 7) is 3.71. The van der Waals surface area contributed by atoms with Crippen LogP contribution < -0.4 is 0 Å². The fourth-order valence-corrected chi connectivity index (χ4v) is 1.91. The van der Waals surface area contributed by atoms with Crippen molar-refractivity contribution in [3.8, 4) is 0 Å². The molecule has 124 valence electrons. The van der Waals surface area contributed by atoms with E-state index in [9.17, 15) is 9.59 Å². The number of cyclic esters (lactones) is 2. The van der Waals surface area contributed by atoms with Gasteiger partial charge in [0.05, 0.1) is 12.2 Å². The summed E-state index contributed by atoms with van der Waals surface area (Å²) in [6.07, 6.45) is 6.83. The van der Waals surface area contributed by atoms with Gasteiger partial charge in [0.25, 0.3) is 0 Å². The molecule has 0 N–H and O–H groups in total. The molecule has 1 aliphatic heterocycles. The van der Waals surface area contributed by atoms with Gasteiger partial charge in [-0.15, -0.1) is 0 Å². The van der Waals surface area contributed by atoms with E-state index in [0.717, 1.165) is 0 Å². The third kappa shape index (κ3) is 7.95. The molecule has 0 spiro atoms. The first kappa shape index (κ1) is 18.4. The molecule has 0 aliphatic carbocycles. The third-order valence-corrected chi connectivity index (χ3v) is 3.06. The van der Waals surface area contributed by atoms with E-state index in [-0.39, 0.29) is 25.1 Å². The van der Waals surface area contributed by atoms with E-state index in [4.69, 9.17) is 18.9 Å². The lowest BCUT2D eigenvalue weighted by molar-refractivity contribution is -0.143. The zero-order chi connectivity index (χ0) is 16.4. The van der Waals surface area contributed by atoms with Crippen molar-refractivity contribution >= 4 is 11.9 Å². The summed E-state index contributed by atoms with van der Waals surface area (Å²) in [5.41, 5.74) is 0. The van der Waals surface area contributed by atoms with Gasteiger partial charge in [0.15, 0.2) is 0 Å². The molecule has 0 aromatic carbocycles. The van der Waals surface area contributed by atoms with E-state index in [2.05, 4.69) is 0 Å². The summed E-state index contributed by atoms with van der Waals surface area (Å²) in [4.78, 5) is 23.3. The van der Waals surface area contributed by atoms with E-state index in [1.807, 2.05) is 6.92 Å². The summed E-state index contributed by atoms with van der Waals surface area (Å²) in [5.74, 6) is -0.826. The highest BCUT2D eigenvalue weighted by atomic mass is 16.7. The summed E-state index contributed by atoms with van der Waals surface area (Å²) >= 11 is 0. The molecule has 0 bridgehead atoms. The van der Waals surface area contributed by atoms with Gasteiger partial charge in [-0.3, -0.25) is 0 Å². The Morgan fingerprint density at radius 3 is 2.50 bits per heavy atom. The maximum absolute atomic E-state index is 11.7. The molecule has 6 heteroatoms. The predicted molar refractivity (Wildman–Crippen MR) is 80.0 cm³/mol. The summed E-state index contributed by atoms with van der Waals surface area (Å²) in [7, 11) is 1.53. The second kappa shape index (κ2) is 10.1. The van der Waals surface area contributed by atoms with Crippen molar-refractivity contribution < 1.29 is 28.5 Å². The molecule has 0 aromatic heterocycles. The Morgan fingerprint density at radius 2 is 1.77 bits per heavy atom. The van der Waals surface area contributed by atoms with Crippen LogP contribution in [0.5, 0.6) is 0 Å². The zero-order valence-electron chi connectivity index (χ0n) is 13.3. The lowest BCUT2D eigenvalue weighted by atomic mass is 10.1. The largest absolute Gasteiger partial charge is 0.460 e. The Labute approximate surface area is 131 Å². The lowest BCUT2D eigenvalue weighted by Gasteiger charge is -2.17.